The monoisotopic (exact) mass is 230 g/mol. The number of alkyl halides is 3. The van der Waals surface area contributed by atoms with Crippen LogP contribution >= 0.6 is 0 Å². The van der Waals surface area contributed by atoms with Crippen LogP contribution in [0.1, 0.15) is 40.9 Å². The number of hydrogen-bond acceptors (Lipinski definition) is 1. The zero-order valence-electron chi connectivity index (χ0n) is 9.40. The lowest BCUT2D eigenvalue weighted by Gasteiger charge is -2.13. The van der Waals surface area contributed by atoms with Crippen LogP contribution in [-0.2, 0) is 12.6 Å². The summed E-state index contributed by atoms with van der Waals surface area (Å²) in [4.78, 5) is 11.2. The van der Waals surface area contributed by atoms with Gasteiger partial charge in [-0.05, 0) is 43.5 Å². The first-order chi connectivity index (χ1) is 7.27. The van der Waals surface area contributed by atoms with Crippen LogP contribution < -0.4 is 0 Å². The number of carbonyl (C=O) groups is 1. The van der Waals surface area contributed by atoms with Crippen molar-refractivity contribution in [3.05, 3.63) is 34.4 Å². The average molecular weight is 230 g/mol. The van der Waals surface area contributed by atoms with Crippen LogP contribution in [0.15, 0.2) is 12.1 Å². The van der Waals surface area contributed by atoms with E-state index in [-0.39, 0.29) is 11.3 Å². The highest BCUT2D eigenvalue weighted by Gasteiger charge is 2.32. The molecule has 16 heavy (non-hydrogen) atoms. The quantitative estimate of drug-likeness (QED) is 0.706. The molecule has 0 amide bonds. The number of ketones is 1. The summed E-state index contributed by atoms with van der Waals surface area (Å²) in [5, 5.41) is 0. The Bertz CT molecular complexity index is 419. The average Bonchev–Trinajstić information content (AvgIpc) is 2.15. The summed E-state index contributed by atoms with van der Waals surface area (Å²) in [6.45, 7) is 4.73. The van der Waals surface area contributed by atoms with E-state index in [9.17, 15) is 18.0 Å². The van der Waals surface area contributed by atoms with Crippen molar-refractivity contribution >= 4 is 5.78 Å². The lowest BCUT2D eigenvalue weighted by atomic mass is 9.95. The molecule has 0 unspecified atom stereocenters. The number of rotatable bonds is 2. The van der Waals surface area contributed by atoms with Gasteiger partial charge in [0.2, 0.25) is 0 Å². The van der Waals surface area contributed by atoms with E-state index >= 15 is 0 Å². The topological polar surface area (TPSA) is 17.1 Å². The van der Waals surface area contributed by atoms with Crippen LogP contribution in [0.5, 0.6) is 0 Å². The first kappa shape index (κ1) is 12.7. The van der Waals surface area contributed by atoms with E-state index in [0.29, 0.717) is 17.5 Å². The molecule has 0 radical (unpaired) electrons. The van der Waals surface area contributed by atoms with Gasteiger partial charge in [0.05, 0.1) is 5.56 Å². The minimum atomic E-state index is -4.40. The van der Waals surface area contributed by atoms with Gasteiger partial charge in [0.25, 0.3) is 0 Å². The molecule has 0 bridgehead atoms. The fourth-order valence-electron chi connectivity index (χ4n) is 1.67. The molecule has 4 heteroatoms. The van der Waals surface area contributed by atoms with Gasteiger partial charge in [-0.25, -0.2) is 0 Å². The van der Waals surface area contributed by atoms with Gasteiger partial charge in [-0.2, -0.15) is 13.2 Å². The van der Waals surface area contributed by atoms with Crippen LogP contribution in [-0.4, -0.2) is 5.78 Å². The van der Waals surface area contributed by atoms with Gasteiger partial charge < -0.3 is 0 Å². The third-order valence-electron chi connectivity index (χ3n) is 2.60. The predicted octanol–water partition coefficient (Wildman–Crippen LogP) is 3.78. The molecule has 0 aromatic heterocycles. The zero-order valence-corrected chi connectivity index (χ0v) is 9.40. The lowest BCUT2D eigenvalue weighted by Crippen LogP contribution is -2.10. The maximum absolute atomic E-state index is 12.6. The van der Waals surface area contributed by atoms with Crippen molar-refractivity contribution < 1.29 is 18.0 Å². The van der Waals surface area contributed by atoms with E-state index in [2.05, 4.69) is 0 Å². The maximum Gasteiger partial charge on any atom is 0.416 e. The maximum atomic E-state index is 12.6. The van der Waals surface area contributed by atoms with Gasteiger partial charge in [0, 0.05) is 5.56 Å². The molecule has 0 aliphatic rings. The molecule has 0 saturated carbocycles. The summed E-state index contributed by atoms with van der Waals surface area (Å²) < 4.78 is 37.7. The Morgan fingerprint density at radius 2 is 1.88 bits per heavy atom. The van der Waals surface area contributed by atoms with Crippen LogP contribution in [0.25, 0.3) is 0 Å². The van der Waals surface area contributed by atoms with Crippen molar-refractivity contribution in [2.24, 2.45) is 0 Å². The summed E-state index contributed by atoms with van der Waals surface area (Å²) in [5.41, 5.74) is 0.620. The van der Waals surface area contributed by atoms with Crippen molar-refractivity contribution in [3.63, 3.8) is 0 Å². The Labute approximate surface area is 92.3 Å². The Morgan fingerprint density at radius 3 is 2.25 bits per heavy atom. The van der Waals surface area contributed by atoms with Gasteiger partial charge in [-0.3, -0.25) is 4.79 Å². The number of carbonyl (C=O) groups excluding carboxylic acids is 1. The highest BCUT2D eigenvalue weighted by Crippen LogP contribution is 2.32. The molecular formula is C12H13F3O. The lowest BCUT2D eigenvalue weighted by molar-refractivity contribution is -0.137. The van der Waals surface area contributed by atoms with Crippen molar-refractivity contribution in [1.82, 2.24) is 0 Å². The van der Waals surface area contributed by atoms with Crippen LogP contribution in [0.2, 0.25) is 0 Å². The fraction of sp³-hybridized carbons (Fsp3) is 0.417. The molecule has 1 nitrogen and oxygen atoms in total. The van der Waals surface area contributed by atoms with E-state index < -0.39 is 11.7 Å². The number of hydrogen-bond donors (Lipinski definition) is 0. The molecule has 1 rings (SSSR count). The summed E-state index contributed by atoms with van der Waals surface area (Å²) in [6.07, 6.45) is -3.92. The minimum Gasteiger partial charge on any atom is -0.295 e. The smallest absolute Gasteiger partial charge is 0.295 e. The number of Topliss-reactive ketones (excluding diaryl/α,β-unsaturated/α-hetero) is 1. The second kappa shape index (κ2) is 4.28. The summed E-state index contributed by atoms with van der Waals surface area (Å²) in [7, 11) is 0. The summed E-state index contributed by atoms with van der Waals surface area (Å²) in [6, 6.07) is 2.04. The molecule has 0 aliphatic carbocycles. The highest BCUT2D eigenvalue weighted by molar-refractivity contribution is 5.96. The van der Waals surface area contributed by atoms with Gasteiger partial charge >= 0.3 is 6.18 Å². The van der Waals surface area contributed by atoms with Crippen LogP contribution in [0, 0.1) is 6.92 Å². The summed E-state index contributed by atoms with van der Waals surface area (Å²) in [5.74, 6) is -0.335. The number of halogens is 3. The zero-order chi connectivity index (χ0) is 12.5. The third-order valence-corrected chi connectivity index (χ3v) is 2.60. The fourth-order valence-corrected chi connectivity index (χ4v) is 1.67. The van der Waals surface area contributed by atoms with Crippen molar-refractivity contribution in [2.45, 2.75) is 33.4 Å². The molecular weight excluding hydrogens is 217 g/mol. The van der Waals surface area contributed by atoms with Crippen molar-refractivity contribution in [1.29, 1.82) is 0 Å². The van der Waals surface area contributed by atoms with E-state index in [0.717, 1.165) is 12.1 Å². The number of aryl methyl sites for hydroxylation is 1. The first-order valence-corrected chi connectivity index (χ1v) is 4.99. The third kappa shape index (κ3) is 2.43. The number of benzene rings is 1. The summed E-state index contributed by atoms with van der Waals surface area (Å²) >= 11 is 0. The Balaban J connectivity index is 3.46. The second-order valence-corrected chi connectivity index (χ2v) is 3.72. The Morgan fingerprint density at radius 1 is 1.31 bits per heavy atom. The molecule has 0 N–H and O–H groups in total. The molecule has 0 atom stereocenters. The second-order valence-electron chi connectivity index (χ2n) is 3.72. The van der Waals surface area contributed by atoms with Gasteiger partial charge in [-0.1, -0.05) is 6.92 Å². The molecule has 0 spiro atoms. The molecule has 0 saturated heterocycles. The van der Waals surface area contributed by atoms with Crippen LogP contribution in [0.4, 0.5) is 13.2 Å². The van der Waals surface area contributed by atoms with Crippen LogP contribution in [0.3, 0.4) is 0 Å². The normalized spacial score (nSPS) is 11.6. The van der Waals surface area contributed by atoms with E-state index in [1.165, 1.54) is 6.92 Å². The molecule has 0 heterocycles. The van der Waals surface area contributed by atoms with Gasteiger partial charge in [0.1, 0.15) is 0 Å². The Hall–Kier alpha value is -1.32. The first-order valence-electron chi connectivity index (χ1n) is 4.99. The molecule has 88 valence electrons. The van der Waals surface area contributed by atoms with E-state index in [1.807, 2.05) is 0 Å². The van der Waals surface area contributed by atoms with E-state index in [4.69, 9.17) is 0 Å². The largest absolute Gasteiger partial charge is 0.416 e. The van der Waals surface area contributed by atoms with E-state index in [1.54, 1.807) is 13.8 Å². The van der Waals surface area contributed by atoms with Gasteiger partial charge in [0.15, 0.2) is 5.78 Å². The SMILES string of the molecule is CCc1cc(C(F)(F)F)cc(C(C)=O)c1C. The van der Waals surface area contributed by atoms with Gasteiger partial charge in [-0.15, -0.1) is 0 Å². The predicted molar refractivity (Wildman–Crippen MR) is 55.6 cm³/mol. The molecule has 1 aromatic carbocycles. The molecule has 0 aliphatic heterocycles. The minimum absolute atomic E-state index is 0.159. The van der Waals surface area contributed by atoms with Crippen molar-refractivity contribution in [3.8, 4) is 0 Å². The standard InChI is InChI=1S/C12H13F3O/c1-4-9-5-10(12(13,14)15)6-11(7(9)2)8(3)16/h5-6H,4H2,1-3H3. The molecule has 0 fully saturated rings. The Kier molecular flexibility index (Phi) is 3.41. The van der Waals surface area contributed by atoms with Crippen molar-refractivity contribution in [2.75, 3.05) is 0 Å². The highest BCUT2D eigenvalue weighted by atomic mass is 19.4. The molecule has 1 aromatic rings.